The minimum atomic E-state index is -0.898. The van der Waals surface area contributed by atoms with E-state index in [-0.39, 0.29) is 16.8 Å². The Morgan fingerprint density at radius 2 is 1.92 bits per heavy atom. The molecule has 0 aliphatic rings. The van der Waals surface area contributed by atoms with Crippen LogP contribution in [0.15, 0.2) is 57.7 Å². The van der Waals surface area contributed by atoms with Crippen LogP contribution >= 0.6 is 11.6 Å². The Bertz CT molecular complexity index is 1060. The summed E-state index contributed by atoms with van der Waals surface area (Å²) in [4.78, 5) is 35.9. The molecule has 3 rings (SSSR count). The number of nitrogens with one attached hydrogen (secondary N) is 1. The van der Waals surface area contributed by atoms with Gasteiger partial charge in [0.1, 0.15) is 5.58 Å². The maximum atomic E-state index is 12.0. The molecule has 0 atom stereocenters. The van der Waals surface area contributed by atoms with Crippen molar-refractivity contribution in [2.45, 2.75) is 6.92 Å². The SMILES string of the molecule is Cc1ccc(NC(=O)COC(=O)c2cc(=O)c3ccccc3o2)cc1Cl. The fourth-order valence-electron chi connectivity index (χ4n) is 2.27. The van der Waals surface area contributed by atoms with Gasteiger partial charge in [0.25, 0.3) is 5.91 Å². The minimum Gasteiger partial charge on any atom is -0.450 e. The van der Waals surface area contributed by atoms with E-state index in [2.05, 4.69) is 5.32 Å². The zero-order valence-electron chi connectivity index (χ0n) is 13.7. The van der Waals surface area contributed by atoms with Crippen LogP contribution in [0.1, 0.15) is 16.1 Å². The number of fused-ring (bicyclic) bond motifs is 1. The molecule has 132 valence electrons. The van der Waals surface area contributed by atoms with Gasteiger partial charge in [0.05, 0.1) is 5.39 Å². The molecule has 6 nitrogen and oxygen atoms in total. The molecular formula is C19H14ClNO5. The van der Waals surface area contributed by atoms with Crippen molar-refractivity contribution in [3.63, 3.8) is 0 Å². The van der Waals surface area contributed by atoms with Gasteiger partial charge in [0.2, 0.25) is 5.76 Å². The number of benzene rings is 2. The highest BCUT2D eigenvalue weighted by molar-refractivity contribution is 6.31. The maximum Gasteiger partial charge on any atom is 0.374 e. The summed E-state index contributed by atoms with van der Waals surface area (Å²) in [5.41, 5.74) is 1.27. The molecule has 1 aromatic heterocycles. The number of carbonyl (C=O) groups is 2. The first-order valence-electron chi connectivity index (χ1n) is 7.70. The van der Waals surface area contributed by atoms with Gasteiger partial charge in [-0.05, 0) is 36.8 Å². The molecule has 1 amide bonds. The Morgan fingerprint density at radius 3 is 2.69 bits per heavy atom. The summed E-state index contributed by atoms with van der Waals surface area (Å²) in [7, 11) is 0. The van der Waals surface area contributed by atoms with Crippen molar-refractivity contribution >= 4 is 40.1 Å². The molecular weight excluding hydrogens is 358 g/mol. The second-order valence-electron chi connectivity index (χ2n) is 5.56. The van der Waals surface area contributed by atoms with E-state index in [0.29, 0.717) is 16.1 Å². The lowest BCUT2D eigenvalue weighted by Gasteiger charge is -2.08. The summed E-state index contributed by atoms with van der Waals surface area (Å²) >= 11 is 5.99. The van der Waals surface area contributed by atoms with Crippen LogP contribution in [0.5, 0.6) is 0 Å². The van der Waals surface area contributed by atoms with E-state index in [1.54, 1.807) is 42.5 Å². The largest absolute Gasteiger partial charge is 0.450 e. The topological polar surface area (TPSA) is 85.6 Å². The minimum absolute atomic E-state index is 0.264. The second kappa shape index (κ2) is 7.41. The molecule has 0 saturated carbocycles. The molecule has 0 aliphatic heterocycles. The van der Waals surface area contributed by atoms with Gasteiger partial charge < -0.3 is 14.5 Å². The lowest BCUT2D eigenvalue weighted by Crippen LogP contribution is -2.21. The number of amides is 1. The summed E-state index contributed by atoms with van der Waals surface area (Å²) in [6.07, 6.45) is 0. The third kappa shape index (κ3) is 3.92. The summed E-state index contributed by atoms with van der Waals surface area (Å²) in [5, 5.41) is 3.44. The summed E-state index contributed by atoms with van der Waals surface area (Å²) in [6, 6.07) is 12.6. The zero-order valence-corrected chi connectivity index (χ0v) is 14.5. The van der Waals surface area contributed by atoms with Gasteiger partial charge in [-0.25, -0.2) is 4.79 Å². The normalized spacial score (nSPS) is 10.5. The molecule has 26 heavy (non-hydrogen) atoms. The molecule has 0 spiro atoms. The van der Waals surface area contributed by atoms with Gasteiger partial charge in [-0.2, -0.15) is 0 Å². The number of carbonyl (C=O) groups excluding carboxylic acids is 2. The van der Waals surface area contributed by atoms with Crippen molar-refractivity contribution in [1.29, 1.82) is 0 Å². The molecule has 1 heterocycles. The summed E-state index contributed by atoms with van der Waals surface area (Å²) in [6.45, 7) is 1.31. The Kier molecular flexibility index (Phi) is 5.04. The third-order valence-corrected chi connectivity index (χ3v) is 4.03. The smallest absolute Gasteiger partial charge is 0.374 e. The van der Waals surface area contributed by atoms with E-state index in [1.165, 1.54) is 0 Å². The third-order valence-electron chi connectivity index (χ3n) is 3.63. The summed E-state index contributed by atoms with van der Waals surface area (Å²) in [5.74, 6) is -1.70. The number of hydrogen-bond donors (Lipinski definition) is 1. The Labute approximate surface area is 153 Å². The Morgan fingerprint density at radius 1 is 1.15 bits per heavy atom. The molecule has 0 aliphatic carbocycles. The van der Waals surface area contributed by atoms with Crippen LogP contribution < -0.4 is 10.7 Å². The van der Waals surface area contributed by atoms with Gasteiger partial charge in [-0.15, -0.1) is 0 Å². The molecule has 2 aromatic carbocycles. The molecule has 0 bridgehead atoms. The fourth-order valence-corrected chi connectivity index (χ4v) is 2.45. The first kappa shape index (κ1) is 17.7. The monoisotopic (exact) mass is 371 g/mol. The van der Waals surface area contributed by atoms with Crippen molar-refractivity contribution in [1.82, 2.24) is 0 Å². The number of anilines is 1. The van der Waals surface area contributed by atoms with E-state index in [4.69, 9.17) is 20.8 Å². The predicted molar refractivity (Wildman–Crippen MR) is 97.6 cm³/mol. The number of aryl methyl sites for hydroxylation is 1. The van der Waals surface area contributed by atoms with E-state index in [0.717, 1.165) is 11.6 Å². The van der Waals surface area contributed by atoms with Gasteiger partial charge in [0, 0.05) is 16.8 Å². The molecule has 0 fully saturated rings. The van der Waals surface area contributed by atoms with Gasteiger partial charge in [0.15, 0.2) is 12.0 Å². The van der Waals surface area contributed by atoms with Crippen molar-refractivity contribution in [2.24, 2.45) is 0 Å². The highest BCUT2D eigenvalue weighted by Gasteiger charge is 2.15. The van der Waals surface area contributed by atoms with Crippen molar-refractivity contribution < 1.29 is 18.7 Å². The Hall–Kier alpha value is -3.12. The lowest BCUT2D eigenvalue weighted by atomic mass is 10.2. The molecule has 7 heteroatoms. The van der Waals surface area contributed by atoms with Crippen LogP contribution in [-0.2, 0) is 9.53 Å². The van der Waals surface area contributed by atoms with Crippen LogP contribution in [0.25, 0.3) is 11.0 Å². The highest BCUT2D eigenvalue weighted by Crippen LogP contribution is 2.20. The molecule has 0 unspecified atom stereocenters. The maximum absolute atomic E-state index is 12.0. The zero-order chi connectivity index (χ0) is 18.7. The van der Waals surface area contributed by atoms with Crippen molar-refractivity contribution in [2.75, 3.05) is 11.9 Å². The van der Waals surface area contributed by atoms with Crippen molar-refractivity contribution in [3.05, 3.63) is 75.1 Å². The van der Waals surface area contributed by atoms with Gasteiger partial charge >= 0.3 is 5.97 Å². The fraction of sp³-hybridized carbons (Fsp3) is 0.105. The first-order valence-corrected chi connectivity index (χ1v) is 8.08. The van der Waals surface area contributed by atoms with Gasteiger partial charge in [-0.3, -0.25) is 9.59 Å². The van der Waals surface area contributed by atoms with E-state index >= 15 is 0 Å². The molecule has 1 N–H and O–H groups in total. The average molecular weight is 372 g/mol. The molecule has 0 radical (unpaired) electrons. The number of rotatable bonds is 4. The van der Waals surface area contributed by atoms with Crippen LogP contribution in [0, 0.1) is 6.92 Å². The Balaban J connectivity index is 1.65. The predicted octanol–water partition coefficient (Wildman–Crippen LogP) is 3.55. The van der Waals surface area contributed by atoms with E-state index in [1.807, 2.05) is 6.92 Å². The number of ether oxygens (including phenoxy) is 1. The van der Waals surface area contributed by atoms with Crippen LogP contribution in [0.3, 0.4) is 0 Å². The number of para-hydroxylation sites is 1. The highest BCUT2D eigenvalue weighted by atomic mass is 35.5. The number of esters is 1. The van der Waals surface area contributed by atoms with Crippen LogP contribution in [0.2, 0.25) is 5.02 Å². The van der Waals surface area contributed by atoms with Gasteiger partial charge in [-0.1, -0.05) is 29.8 Å². The van der Waals surface area contributed by atoms with Crippen LogP contribution in [0.4, 0.5) is 5.69 Å². The average Bonchev–Trinajstić information content (AvgIpc) is 2.63. The first-order chi connectivity index (χ1) is 12.4. The summed E-state index contributed by atoms with van der Waals surface area (Å²) < 4.78 is 10.3. The number of hydrogen-bond acceptors (Lipinski definition) is 5. The standard InChI is InChI=1S/C19H14ClNO5/c1-11-6-7-12(8-14(11)20)21-18(23)10-25-19(24)17-9-15(22)13-4-2-3-5-16(13)26-17/h2-9H,10H2,1H3,(H,21,23). The second-order valence-corrected chi connectivity index (χ2v) is 5.97. The number of halogens is 1. The van der Waals surface area contributed by atoms with Crippen LogP contribution in [-0.4, -0.2) is 18.5 Å². The quantitative estimate of drug-likeness (QED) is 0.709. The molecule has 0 saturated heterocycles. The van der Waals surface area contributed by atoms with E-state index < -0.39 is 18.5 Å². The van der Waals surface area contributed by atoms with E-state index in [9.17, 15) is 14.4 Å². The van der Waals surface area contributed by atoms with Crippen molar-refractivity contribution in [3.8, 4) is 0 Å². The lowest BCUT2D eigenvalue weighted by molar-refractivity contribution is -0.119. The molecule has 3 aromatic rings.